The van der Waals surface area contributed by atoms with Crippen LogP contribution in [0.25, 0.3) is 0 Å². The van der Waals surface area contributed by atoms with E-state index in [1.165, 1.54) is 11.3 Å². The lowest BCUT2D eigenvalue weighted by Crippen LogP contribution is -2.32. The van der Waals surface area contributed by atoms with E-state index >= 15 is 0 Å². The number of nitrogens with one attached hydrogen (secondary N) is 2. The zero-order valence-electron chi connectivity index (χ0n) is 16.2. The Balaban J connectivity index is 1.83. The molecule has 154 valence electrons. The third-order valence-corrected chi connectivity index (χ3v) is 4.87. The smallest absolute Gasteiger partial charge is 0.341 e. The van der Waals surface area contributed by atoms with Gasteiger partial charge in [0.2, 0.25) is 0 Å². The van der Waals surface area contributed by atoms with Crippen molar-refractivity contribution >= 4 is 40.1 Å². The maximum atomic E-state index is 12.1. The van der Waals surface area contributed by atoms with E-state index in [9.17, 15) is 19.2 Å². The first-order valence-electron chi connectivity index (χ1n) is 9.03. The zero-order chi connectivity index (χ0) is 21.2. The molecule has 2 N–H and O–H groups in total. The Labute approximate surface area is 172 Å². The molecule has 29 heavy (non-hydrogen) atoms. The van der Waals surface area contributed by atoms with Gasteiger partial charge in [0.25, 0.3) is 11.8 Å². The van der Waals surface area contributed by atoms with Gasteiger partial charge in [-0.2, -0.15) is 0 Å². The summed E-state index contributed by atoms with van der Waals surface area (Å²) < 4.78 is 9.85. The van der Waals surface area contributed by atoms with Crippen molar-refractivity contribution in [1.82, 2.24) is 5.32 Å². The van der Waals surface area contributed by atoms with Gasteiger partial charge in [-0.25, -0.2) is 4.79 Å². The Kier molecular flexibility index (Phi) is 8.35. The number of hydrogen-bond donors (Lipinski definition) is 2. The Morgan fingerprint density at radius 2 is 1.76 bits per heavy atom. The molecule has 0 aliphatic rings. The van der Waals surface area contributed by atoms with Crippen LogP contribution in [0.15, 0.2) is 36.4 Å². The summed E-state index contributed by atoms with van der Waals surface area (Å²) in [5.74, 6) is -2.30. The van der Waals surface area contributed by atoms with Gasteiger partial charge >= 0.3 is 11.9 Å². The van der Waals surface area contributed by atoms with Gasteiger partial charge in [-0.3, -0.25) is 14.4 Å². The minimum absolute atomic E-state index is 0.218. The van der Waals surface area contributed by atoms with Crippen LogP contribution in [0.5, 0.6) is 0 Å². The van der Waals surface area contributed by atoms with E-state index in [1.807, 2.05) is 6.92 Å². The van der Waals surface area contributed by atoms with Crippen LogP contribution < -0.4 is 10.6 Å². The molecule has 0 fully saturated rings. The van der Waals surface area contributed by atoms with Gasteiger partial charge in [-0.15, -0.1) is 11.3 Å². The first kappa shape index (κ1) is 22.1. The predicted octanol–water partition coefficient (Wildman–Crippen LogP) is 2.40. The number of thiophene rings is 1. The summed E-state index contributed by atoms with van der Waals surface area (Å²) in [5.41, 5.74) is 0.678. The van der Waals surface area contributed by atoms with Crippen LogP contribution in [0.3, 0.4) is 0 Å². The fourth-order valence-electron chi connectivity index (χ4n) is 2.27. The van der Waals surface area contributed by atoms with Gasteiger partial charge in [0.1, 0.15) is 11.5 Å². The molecule has 1 heterocycles. The molecule has 0 unspecified atom stereocenters. The maximum Gasteiger partial charge on any atom is 0.341 e. The summed E-state index contributed by atoms with van der Waals surface area (Å²) in [6.07, 6.45) is 0.697. The van der Waals surface area contributed by atoms with Gasteiger partial charge in [-0.1, -0.05) is 25.1 Å². The van der Waals surface area contributed by atoms with E-state index in [0.29, 0.717) is 17.0 Å². The highest BCUT2D eigenvalue weighted by Crippen LogP contribution is 2.29. The zero-order valence-corrected chi connectivity index (χ0v) is 17.0. The summed E-state index contributed by atoms with van der Waals surface area (Å²) in [4.78, 5) is 48.6. The molecule has 0 aliphatic carbocycles. The van der Waals surface area contributed by atoms with Gasteiger partial charge in [0, 0.05) is 10.4 Å². The fourth-order valence-corrected chi connectivity index (χ4v) is 3.27. The monoisotopic (exact) mass is 418 g/mol. The molecule has 9 heteroatoms. The number of ether oxygens (including phenoxy) is 2. The average molecular weight is 418 g/mol. The van der Waals surface area contributed by atoms with Crippen molar-refractivity contribution in [2.24, 2.45) is 0 Å². The topological polar surface area (TPSA) is 111 Å². The number of amides is 2. The summed E-state index contributed by atoms with van der Waals surface area (Å²) >= 11 is 1.26. The standard InChI is InChI=1S/C20H22N2O6S/c1-3-14-10-15(20(26)27-4-2)19(29-14)22-16(23)12-28-17(24)11-21-18(25)13-8-6-5-7-9-13/h5-10H,3-4,11-12H2,1-2H3,(H,21,25)(H,22,23). The first-order chi connectivity index (χ1) is 13.9. The molecule has 2 rings (SSSR count). The highest BCUT2D eigenvalue weighted by atomic mass is 32.1. The SMILES string of the molecule is CCOC(=O)c1cc(CC)sc1NC(=O)COC(=O)CNC(=O)c1ccccc1. The second kappa shape index (κ2) is 11.0. The summed E-state index contributed by atoms with van der Waals surface area (Å²) in [6.45, 7) is 2.93. The number of carbonyl (C=O) groups excluding carboxylic acids is 4. The summed E-state index contributed by atoms with van der Waals surface area (Å²) in [7, 11) is 0. The molecule has 0 saturated heterocycles. The minimum atomic E-state index is -0.754. The van der Waals surface area contributed by atoms with Crippen molar-refractivity contribution in [2.45, 2.75) is 20.3 Å². The normalized spacial score (nSPS) is 10.1. The molecule has 0 atom stereocenters. The number of esters is 2. The molecule has 2 amide bonds. The van der Waals surface area contributed by atoms with E-state index in [4.69, 9.17) is 9.47 Å². The number of anilines is 1. The molecule has 0 saturated carbocycles. The molecular weight excluding hydrogens is 396 g/mol. The molecule has 1 aromatic carbocycles. The quantitative estimate of drug-likeness (QED) is 0.605. The summed E-state index contributed by atoms with van der Waals surface area (Å²) in [6, 6.07) is 10.1. The third-order valence-electron chi connectivity index (χ3n) is 3.67. The van der Waals surface area contributed by atoms with Crippen molar-refractivity contribution in [2.75, 3.05) is 25.1 Å². The largest absolute Gasteiger partial charge is 0.462 e. The lowest BCUT2D eigenvalue weighted by Gasteiger charge is -2.08. The van der Waals surface area contributed by atoms with Crippen LogP contribution in [0.4, 0.5) is 5.00 Å². The Morgan fingerprint density at radius 3 is 2.41 bits per heavy atom. The van der Waals surface area contributed by atoms with E-state index in [1.54, 1.807) is 43.3 Å². The first-order valence-corrected chi connectivity index (χ1v) is 9.84. The number of carbonyl (C=O) groups is 4. The van der Waals surface area contributed by atoms with E-state index in [0.717, 1.165) is 4.88 Å². The van der Waals surface area contributed by atoms with Gasteiger partial charge in [-0.05, 0) is 31.5 Å². The number of benzene rings is 1. The molecule has 0 radical (unpaired) electrons. The molecular formula is C20H22N2O6S. The van der Waals surface area contributed by atoms with Crippen LogP contribution in [0.2, 0.25) is 0 Å². The van der Waals surface area contributed by atoms with Crippen molar-refractivity contribution in [3.63, 3.8) is 0 Å². The molecule has 0 aliphatic heterocycles. The van der Waals surface area contributed by atoms with Crippen LogP contribution in [-0.2, 0) is 25.5 Å². The predicted molar refractivity (Wildman–Crippen MR) is 108 cm³/mol. The molecule has 1 aromatic heterocycles. The Bertz CT molecular complexity index is 878. The van der Waals surface area contributed by atoms with Gasteiger partial charge in [0.05, 0.1) is 12.2 Å². The van der Waals surface area contributed by atoms with Crippen molar-refractivity contribution in [1.29, 1.82) is 0 Å². The van der Waals surface area contributed by atoms with E-state index in [2.05, 4.69) is 10.6 Å². The van der Waals surface area contributed by atoms with E-state index in [-0.39, 0.29) is 18.7 Å². The Hall–Kier alpha value is -3.20. The van der Waals surface area contributed by atoms with E-state index < -0.39 is 30.4 Å². The second-order valence-corrected chi connectivity index (χ2v) is 6.92. The number of rotatable bonds is 9. The van der Waals surface area contributed by atoms with Crippen LogP contribution in [0.1, 0.15) is 39.4 Å². The Morgan fingerprint density at radius 1 is 1.03 bits per heavy atom. The highest BCUT2D eigenvalue weighted by molar-refractivity contribution is 7.16. The van der Waals surface area contributed by atoms with Crippen LogP contribution in [-0.4, -0.2) is 43.5 Å². The fraction of sp³-hybridized carbons (Fsp3) is 0.300. The van der Waals surface area contributed by atoms with Gasteiger partial charge < -0.3 is 20.1 Å². The average Bonchev–Trinajstić information content (AvgIpc) is 3.14. The van der Waals surface area contributed by atoms with Crippen LogP contribution >= 0.6 is 11.3 Å². The summed E-state index contributed by atoms with van der Waals surface area (Å²) in [5, 5.41) is 5.33. The van der Waals surface area contributed by atoms with Crippen LogP contribution in [0, 0.1) is 0 Å². The molecule has 0 spiro atoms. The maximum absolute atomic E-state index is 12.1. The number of hydrogen-bond acceptors (Lipinski definition) is 7. The molecule has 0 bridgehead atoms. The minimum Gasteiger partial charge on any atom is -0.462 e. The molecule has 2 aromatic rings. The lowest BCUT2D eigenvalue weighted by molar-refractivity contribution is -0.146. The highest BCUT2D eigenvalue weighted by Gasteiger charge is 2.19. The number of aryl methyl sites for hydroxylation is 1. The van der Waals surface area contributed by atoms with Crippen molar-refractivity contribution in [3.8, 4) is 0 Å². The third kappa shape index (κ3) is 6.72. The molecule has 8 nitrogen and oxygen atoms in total. The van der Waals surface area contributed by atoms with Gasteiger partial charge in [0.15, 0.2) is 6.61 Å². The van der Waals surface area contributed by atoms with Crippen molar-refractivity contribution in [3.05, 3.63) is 52.4 Å². The lowest BCUT2D eigenvalue weighted by atomic mass is 10.2. The van der Waals surface area contributed by atoms with Crippen molar-refractivity contribution < 1.29 is 28.7 Å². The second-order valence-electron chi connectivity index (χ2n) is 5.79.